The van der Waals surface area contributed by atoms with Gasteiger partial charge >= 0.3 is 5.97 Å². The number of esters is 1. The molecule has 0 aromatic heterocycles. The highest BCUT2D eigenvalue weighted by molar-refractivity contribution is 6.35. The molecule has 0 bridgehead atoms. The summed E-state index contributed by atoms with van der Waals surface area (Å²) in [6.45, 7) is 0.0813. The van der Waals surface area contributed by atoms with Crippen LogP contribution in [0.25, 0.3) is 0 Å². The van der Waals surface area contributed by atoms with Gasteiger partial charge in [-0.25, -0.2) is 4.79 Å². The van der Waals surface area contributed by atoms with Crippen LogP contribution in [-0.2, 0) is 19.1 Å². The van der Waals surface area contributed by atoms with E-state index < -0.39 is 5.97 Å². The molecule has 0 radical (unpaired) electrons. The molecular weight excluding hydrogens is 371 g/mol. The second kappa shape index (κ2) is 8.92. The topological polar surface area (TPSA) is 98.9 Å². The fraction of sp³-hybridized carbons (Fsp3) is 0.438. The largest absolute Gasteiger partial charge is 0.480 e. The van der Waals surface area contributed by atoms with Gasteiger partial charge in [0.2, 0.25) is 5.91 Å². The Morgan fingerprint density at radius 1 is 1.16 bits per heavy atom. The van der Waals surface area contributed by atoms with Gasteiger partial charge in [0.05, 0.1) is 5.02 Å². The van der Waals surface area contributed by atoms with Gasteiger partial charge in [-0.3, -0.25) is 9.59 Å². The van der Waals surface area contributed by atoms with E-state index in [1.165, 1.54) is 12.1 Å². The predicted molar refractivity (Wildman–Crippen MR) is 91.4 cm³/mol. The van der Waals surface area contributed by atoms with Crippen LogP contribution in [0.1, 0.15) is 12.8 Å². The van der Waals surface area contributed by atoms with Gasteiger partial charge < -0.3 is 20.1 Å². The third-order valence-electron chi connectivity index (χ3n) is 3.85. The Balaban J connectivity index is 1.71. The van der Waals surface area contributed by atoms with Crippen LogP contribution in [0.2, 0.25) is 10.0 Å². The van der Waals surface area contributed by atoms with Crippen LogP contribution in [-0.4, -0.2) is 49.0 Å². The predicted octanol–water partition coefficient (Wildman–Crippen LogP) is 1.64. The third kappa shape index (κ3) is 5.79. The number of hydrogen-bond donors (Lipinski definition) is 1. The van der Waals surface area contributed by atoms with Crippen LogP contribution in [0.15, 0.2) is 18.2 Å². The van der Waals surface area contributed by atoms with E-state index in [0.717, 1.165) is 0 Å². The molecule has 1 heterocycles. The Kier molecular flexibility index (Phi) is 6.90. The van der Waals surface area contributed by atoms with Gasteiger partial charge in [0.25, 0.3) is 5.91 Å². The van der Waals surface area contributed by atoms with Crippen LogP contribution in [0, 0.1) is 5.92 Å². The van der Waals surface area contributed by atoms with Crippen LogP contribution in [0.4, 0.5) is 0 Å². The lowest BCUT2D eigenvalue weighted by atomic mass is 9.96. The van der Waals surface area contributed by atoms with Crippen molar-refractivity contribution in [2.45, 2.75) is 12.8 Å². The first-order valence-electron chi connectivity index (χ1n) is 7.67. The van der Waals surface area contributed by atoms with Gasteiger partial charge in [0, 0.05) is 24.0 Å². The van der Waals surface area contributed by atoms with Gasteiger partial charge in [-0.05, 0) is 31.0 Å². The number of rotatable bonds is 6. The van der Waals surface area contributed by atoms with E-state index in [2.05, 4.69) is 0 Å². The van der Waals surface area contributed by atoms with Crippen molar-refractivity contribution in [2.24, 2.45) is 11.7 Å². The number of piperidine rings is 1. The lowest BCUT2D eigenvalue weighted by molar-refractivity contribution is -0.154. The Labute approximate surface area is 154 Å². The highest BCUT2D eigenvalue weighted by Gasteiger charge is 2.26. The second-order valence-corrected chi connectivity index (χ2v) is 6.43. The maximum atomic E-state index is 12.0. The molecule has 1 aromatic rings. The summed E-state index contributed by atoms with van der Waals surface area (Å²) >= 11 is 11.7. The minimum Gasteiger partial charge on any atom is -0.480 e. The van der Waals surface area contributed by atoms with Crippen LogP contribution in [0.5, 0.6) is 5.75 Å². The highest BCUT2D eigenvalue weighted by Crippen LogP contribution is 2.27. The summed E-state index contributed by atoms with van der Waals surface area (Å²) in [4.78, 5) is 36.3. The molecule has 1 aliphatic heterocycles. The number of hydrogen-bond acceptors (Lipinski definition) is 5. The molecule has 2 N–H and O–H groups in total. The molecule has 1 aromatic carbocycles. The monoisotopic (exact) mass is 388 g/mol. The number of ether oxygens (including phenoxy) is 2. The molecule has 9 heteroatoms. The summed E-state index contributed by atoms with van der Waals surface area (Å²) < 4.78 is 10.1. The molecule has 0 aliphatic carbocycles. The average Bonchev–Trinajstić information content (AvgIpc) is 2.59. The second-order valence-electron chi connectivity index (χ2n) is 5.58. The zero-order chi connectivity index (χ0) is 18.4. The van der Waals surface area contributed by atoms with Crippen molar-refractivity contribution in [1.29, 1.82) is 0 Å². The molecule has 7 nitrogen and oxygen atoms in total. The molecular formula is C16H18Cl2N2O5. The number of benzene rings is 1. The van der Waals surface area contributed by atoms with Gasteiger partial charge in [0.1, 0.15) is 5.75 Å². The van der Waals surface area contributed by atoms with E-state index in [4.69, 9.17) is 38.4 Å². The van der Waals surface area contributed by atoms with E-state index in [1.807, 2.05) is 0 Å². The molecule has 1 aliphatic rings. The molecule has 1 saturated heterocycles. The number of amides is 2. The van der Waals surface area contributed by atoms with Crippen molar-refractivity contribution in [3.05, 3.63) is 28.2 Å². The lowest BCUT2D eigenvalue weighted by Gasteiger charge is -2.30. The maximum Gasteiger partial charge on any atom is 0.344 e. The fourth-order valence-corrected chi connectivity index (χ4v) is 2.88. The number of likely N-dealkylation sites (tertiary alicyclic amines) is 1. The van der Waals surface area contributed by atoms with E-state index in [-0.39, 0.29) is 36.0 Å². The highest BCUT2D eigenvalue weighted by atomic mass is 35.5. The molecule has 1 fully saturated rings. The Morgan fingerprint density at radius 2 is 1.84 bits per heavy atom. The van der Waals surface area contributed by atoms with Crippen molar-refractivity contribution in [3.8, 4) is 5.75 Å². The summed E-state index contributed by atoms with van der Waals surface area (Å²) in [5.74, 6) is -1.27. The smallest absolute Gasteiger partial charge is 0.344 e. The van der Waals surface area contributed by atoms with E-state index in [0.29, 0.717) is 36.7 Å². The number of halogens is 2. The normalized spacial score (nSPS) is 14.9. The van der Waals surface area contributed by atoms with Gasteiger partial charge in [-0.2, -0.15) is 0 Å². The lowest BCUT2D eigenvalue weighted by Crippen LogP contribution is -2.43. The molecule has 0 unspecified atom stereocenters. The number of carbonyl (C=O) groups is 3. The van der Waals surface area contributed by atoms with Crippen molar-refractivity contribution in [3.63, 3.8) is 0 Å². The zero-order valence-electron chi connectivity index (χ0n) is 13.4. The summed E-state index contributed by atoms with van der Waals surface area (Å²) in [5, 5.41) is 0.722. The summed E-state index contributed by atoms with van der Waals surface area (Å²) in [6.07, 6.45) is 1.04. The SMILES string of the molecule is NC(=O)C1CCN(C(=O)COC(=O)COc2ccc(Cl)cc2Cl)CC1. The molecule has 25 heavy (non-hydrogen) atoms. The van der Waals surface area contributed by atoms with Crippen LogP contribution in [0.3, 0.4) is 0 Å². The Morgan fingerprint density at radius 3 is 2.44 bits per heavy atom. The van der Waals surface area contributed by atoms with Crippen molar-refractivity contribution < 1.29 is 23.9 Å². The first-order chi connectivity index (χ1) is 11.9. The molecule has 136 valence electrons. The number of nitrogens with zero attached hydrogens (tertiary/aromatic N) is 1. The Bertz CT molecular complexity index is 660. The first-order valence-corrected chi connectivity index (χ1v) is 8.43. The maximum absolute atomic E-state index is 12.0. The summed E-state index contributed by atoms with van der Waals surface area (Å²) in [7, 11) is 0. The van der Waals surface area contributed by atoms with E-state index >= 15 is 0 Å². The van der Waals surface area contributed by atoms with Gasteiger partial charge in [0.15, 0.2) is 13.2 Å². The minimum absolute atomic E-state index is 0.205. The zero-order valence-corrected chi connectivity index (χ0v) is 14.9. The van der Waals surface area contributed by atoms with Crippen LogP contribution < -0.4 is 10.5 Å². The molecule has 2 rings (SSSR count). The third-order valence-corrected chi connectivity index (χ3v) is 4.38. The first kappa shape index (κ1) is 19.3. The Hall–Kier alpha value is -1.99. The van der Waals surface area contributed by atoms with E-state index in [1.54, 1.807) is 11.0 Å². The molecule has 0 saturated carbocycles. The number of nitrogens with two attached hydrogens (primary N) is 1. The minimum atomic E-state index is -0.689. The molecule has 0 spiro atoms. The average molecular weight is 389 g/mol. The van der Waals surface area contributed by atoms with Crippen molar-refractivity contribution >= 4 is 41.0 Å². The van der Waals surface area contributed by atoms with Crippen molar-refractivity contribution in [1.82, 2.24) is 4.90 Å². The van der Waals surface area contributed by atoms with Crippen molar-refractivity contribution in [2.75, 3.05) is 26.3 Å². The number of primary amides is 1. The molecule has 2 amide bonds. The van der Waals surface area contributed by atoms with Crippen LogP contribution >= 0.6 is 23.2 Å². The van der Waals surface area contributed by atoms with Gasteiger partial charge in [-0.1, -0.05) is 23.2 Å². The standard InChI is InChI=1S/C16H18Cl2N2O5/c17-11-1-2-13(12(18)7-11)24-9-15(22)25-8-14(21)20-5-3-10(4-6-20)16(19)23/h1-2,7,10H,3-6,8-9H2,(H2,19,23). The fourth-order valence-electron chi connectivity index (χ4n) is 2.42. The molecule has 0 atom stereocenters. The van der Waals surface area contributed by atoms with E-state index in [9.17, 15) is 14.4 Å². The summed E-state index contributed by atoms with van der Waals surface area (Å²) in [5.41, 5.74) is 5.24. The number of carbonyl (C=O) groups excluding carboxylic acids is 3. The quantitative estimate of drug-likeness (QED) is 0.746. The van der Waals surface area contributed by atoms with Gasteiger partial charge in [-0.15, -0.1) is 0 Å². The summed E-state index contributed by atoms with van der Waals surface area (Å²) in [6, 6.07) is 4.60.